The van der Waals surface area contributed by atoms with E-state index >= 15 is 0 Å². The molecular formula is C11H16N2O3. The second-order valence-corrected chi connectivity index (χ2v) is 3.48. The predicted molar refractivity (Wildman–Crippen MR) is 61.3 cm³/mol. The molecule has 0 heterocycles. The molecule has 0 radical (unpaired) electrons. The van der Waals surface area contributed by atoms with Gasteiger partial charge < -0.3 is 20.9 Å². The van der Waals surface area contributed by atoms with Crippen molar-refractivity contribution in [2.45, 2.75) is 13.0 Å². The van der Waals surface area contributed by atoms with E-state index in [9.17, 15) is 4.79 Å². The van der Waals surface area contributed by atoms with Crippen LogP contribution in [0.5, 0.6) is 5.75 Å². The summed E-state index contributed by atoms with van der Waals surface area (Å²) < 4.78 is 10.5. The van der Waals surface area contributed by atoms with Crippen molar-refractivity contribution >= 4 is 11.6 Å². The Morgan fingerprint density at radius 1 is 1.50 bits per heavy atom. The van der Waals surface area contributed by atoms with Crippen LogP contribution in [0.15, 0.2) is 18.2 Å². The molecule has 88 valence electrons. The van der Waals surface area contributed by atoms with Crippen LogP contribution >= 0.6 is 0 Å². The number of carbonyl (C=O) groups excluding carboxylic acids is 1. The molecule has 0 aliphatic heterocycles. The smallest absolute Gasteiger partial charge is 0.252 e. The third-order valence-corrected chi connectivity index (χ3v) is 2.14. The molecule has 1 aromatic carbocycles. The first kappa shape index (κ1) is 12.3. The molecule has 0 saturated carbocycles. The van der Waals surface area contributed by atoms with Crippen molar-refractivity contribution in [3.63, 3.8) is 0 Å². The number of primary amides is 1. The average molecular weight is 224 g/mol. The number of rotatable bonds is 5. The molecule has 0 aromatic heterocycles. The number of benzene rings is 1. The Hall–Kier alpha value is -1.75. The van der Waals surface area contributed by atoms with E-state index < -0.39 is 5.91 Å². The summed E-state index contributed by atoms with van der Waals surface area (Å²) in [7, 11) is 1.59. The Balaban J connectivity index is 2.82. The standard InChI is InChI=1S/C11H16N2O3/c1-7(15-2)6-16-10-4-3-8(12)5-9(10)11(13)14/h3-5,7H,6,12H2,1-2H3,(H2,13,14). The molecule has 0 aliphatic rings. The van der Waals surface area contributed by atoms with Gasteiger partial charge >= 0.3 is 0 Å². The van der Waals surface area contributed by atoms with Crippen molar-refractivity contribution in [2.75, 3.05) is 19.5 Å². The van der Waals surface area contributed by atoms with E-state index in [0.717, 1.165) is 0 Å². The van der Waals surface area contributed by atoms with Gasteiger partial charge in [0.05, 0.1) is 11.7 Å². The fraction of sp³-hybridized carbons (Fsp3) is 0.364. The quantitative estimate of drug-likeness (QED) is 0.723. The summed E-state index contributed by atoms with van der Waals surface area (Å²) in [5.41, 5.74) is 11.5. The molecule has 1 atom stereocenters. The lowest BCUT2D eigenvalue weighted by atomic mass is 10.1. The molecule has 0 saturated heterocycles. The number of ether oxygens (including phenoxy) is 2. The highest BCUT2D eigenvalue weighted by Crippen LogP contribution is 2.21. The van der Waals surface area contributed by atoms with Crippen molar-refractivity contribution in [1.82, 2.24) is 0 Å². The van der Waals surface area contributed by atoms with Crippen LogP contribution in [0, 0.1) is 0 Å². The van der Waals surface area contributed by atoms with E-state index in [4.69, 9.17) is 20.9 Å². The second kappa shape index (κ2) is 5.37. The van der Waals surface area contributed by atoms with E-state index in [1.807, 2.05) is 6.92 Å². The van der Waals surface area contributed by atoms with Gasteiger partial charge in [0.25, 0.3) is 5.91 Å². The van der Waals surface area contributed by atoms with Gasteiger partial charge in [-0.25, -0.2) is 0 Å². The zero-order chi connectivity index (χ0) is 12.1. The van der Waals surface area contributed by atoms with Gasteiger partial charge in [-0.2, -0.15) is 0 Å². The maximum absolute atomic E-state index is 11.1. The van der Waals surface area contributed by atoms with Gasteiger partial charge in [-0.3, -0.25) is 4.79 Å². The number of nitrogens with two attached hydrogens (primary N) is 2. The molecule has 1 aromatic rings. The number of hydrogen-bond donors (Lipinski definition) is 2. The van der Waals surface area contributed by atoms with Crippen molar-refractivity contribution in [3.05, 3.63) is 23.8 Å². The number of amides is 1. The third kappa shape index (κ3) is 3.13. The van der Waals surface area contributed by atoms with Crippen LogP contribution in [0.25, 0.3) is 0 Å². The first-order chi connectivity index (χ1) is 7.54. The lowest BCUT2D eigenvalue weighted by Crippen LogP contribution is -2.19. The van der Waals surface area contributed by atoms with Gasteiger partial charge in [-0.15, -0.1) is 0 Å². The van der Waals surface area contributed by atoms with E-state index in [2.05, 4.69) is 0 Å². The van der Waals surface area contributed by atoms with E-state index in [-0.39, 0.29) is 11.7 Å². The normalized spacial score (nSPS) is 12.1. The van der Waals surface area contributed by atoms with Crippen LogP contribution in [-0.4, -0.2) is 25.7 Å². The van der Waals surface area contributed by atoms with Crippen LogP contribution in [0.1, 0.15) is 17.3 Å². The maximum Gasteiger partial charge on any atom is 0.252 e. The third-order valence-electron chi connectivity index (χ3n) is 2.14. The molecule has 5 heteroatoms. The van der Waals surface area contributed by atoms with Gasteiger partial charge in [0.1, 0.15) is 12.4 Å². The fourth-order valence-corrected chi connectivity index (χ4v) is 1.14. The van der Waals surface area contributed by atoms with Crippen molar-refractivity contribution < 1.29 is 14.3 Å². The summed E-state index contributed by atoms with van der Waals surface area (Å²) in [6, 6.07) is 4.77. The number of anilines is 1. The Morgan fingerprint density at radius 3 is 2.75 bits per heavy atom. The number of nitrogen functional groups attached to an aromatic ring is 1. The summed E-state index contributed by atoms with van der Waals surface area (Å²) in [6.07, 6.45) is -0.0571. The number of hydrogen-bond acceptors (Lipinski definition) is 4. The molecule has 16 heavy (non-hydrogen) atoms. The van der Waals surface area contributed by atoms with E-state index in [1.54, 1.807) is 19.2 Å². The van der Waals surface area contributed by atoms with Crippen molar-refractivity contribution in [1.29, 1.82) is 0 Å². The topological polar surface area (TPSA) is 87.6 Å². The molecule has 5 nitrogen and oxygen atoms in total. The van der Waals surface area contributed by atoms with Crippen LogP contribution in [0.2, 0.25) is 0 Å². The molecule has 1 rings (SSSR count). The lowest BCUT2D eigenvalue weighted by molar-refractivity contribution is 0.0708. The minimum absolute atomic E-state index is 0.0571. The predicted octanol–water partition coefficient (Wildman–Crippen LogP) is 0.781. The van der Waals surface area contributed by atoms with Gasteiger partial charge in [-0.05, 0) is 25.1 Å². The van der Waals surface area contributed by atoms with Crippen molar-refractivity contribution in [2.24, 2.45) is 5.73 Å². The summed E-state index contributed by atoms with van der Waals surface area (Å²) in [6.45, 7) is 2.21. The van der Waals surface area contributed by atoms with Gasteiger partial charge in [0.15, 0.2) is 0 Å². The molecule has 0 spiro atoms. The zero-order valence-electron chi connectivity index (χ0n) is 9.40. The first-order valence-corrected chi connectivity index (χ1v) is 4.89. The molecule has 0 fully saturated rings. The van der Waals surface area contributed by atoms with Crippen LogP contribution in [0.4, 0.5) is 5.69 Å². The number of methoxy groups -OCH3 is 1. The van der Waals surface area contributed by atoms with E-state index in [0.29, 0.717) is 18.0 Å². The second-order valence-electron chi connectivity index (χ2n) is 3.48. The molecule has 1 amide bonds. The highest BCUT2D eigenvalue weighted by atomic mass is 16.5. The summed E-state index contributed by atoms with van der Waals surface area (Å²) in [5.74, 6) is -0.141. The number of carbonyl (C=O) groups is 1. The Morgan fingerprint density at radius 2 is 2.19 bits per heavy atom. The van der Waals surface area contributed by atoms with Crippen molar-refractivity contribution in [3.8, 4) is 5.75 Å². The first-order valence-electron chi connectivity index (χ1n) is 4.89. The van der Waals surface area contributed by atoms with Crippen LogP contribution < -0.4 is 16.2 Å². The maximum atomic E-state index is 11.1. The van der Waals surface area contributed by atoms with E-state index in [1.165, 1.54) is 6.07 Å². The lowest BCUT2D eigenvalue weighted by Gasteiger charge is -2.13. The minimum atomic E-state index is -0.563. The fourth-order valence-electron chi connectivity index (χ4n) is 1.14. The molecular weight excluding hydrogens is 208 g/mol. The van der Waals surface area contributed by atoms with Gasteiger partial charge in [-0.1, -0.05) is 0 Å². The molecule has 0 aliphatic carbocycles. The Bertz CT molecular complexity index is 379. The van der Waals surface area contributed by atoms with Gasteiger partial charge in [0, 0.05) is 12.8 Å². The Kier molecular flexibility index (Phi) is 4.13. The van der Waals surface area contributed by atoms with Crippen LogP contribution in [0.3, 0.4) is 0 Å². The highest BCUT2D eigenvalue weighted by molar-refractivity contribution is 5.96. The van der Waals surface area contributed by atoms with Crippen LogP contribution in [-0.2, 0) is 4.74 Å². The average Bonchev–Trinajstić information content (AvgIpc) is 2.26. The SMILES string of the molecule is COC(C)COc1ccc(N)cc1C(N)=O. The highest BCUT2D eigenvalue weighted by Gasteiger charge is 2.11. The molecule has 0 bridgehead atoms. The zero-order valence-corrected chi connectivity index (χ0v) is 9.40. The summed E-state index contributed by atoms with van der Waals surface area (Å²) in [4.78, 5) is 11.1. The summed E-state index contributed by atoms with van der Waals surface area (Å²) in [5, 5.41) is 0. The monoisotopic (exact) mass is 224 g/mol. The largest absolute Gasteiger partial charge is 0.490 e. The summed E-state index contributed by atoms with van der Waals surface area (Å²) >= 11 is 0. The molecule has 1 unspecified atom stereocenters. The molecule has 4 N–H and O–H groups in total. The van der Waals surface area contributed by atoms with Gasteiger partial charge in [0.2, 0.25) is 0 Å². The minimum Gasteiger partial charge on any atom is -0.490 e. The Labute approximate surface area is 94.3 Å².